The molecule has 130 valence electrons. The molecule has 24 heavy (non-hydrogen) atoms. The minimum absolute atomic E-state index is 0.425. The predicted molar refractivity (Wildman–Crippen MR) is 82.2 cm³/mol. The number of aromatic nitrogens is 2. The molecule has 0 aliphatic heterocycles. The monoisotopic (exact) mass is 341 g/mol. The van der Waals surface area contributed by atoms with Crippen molar-refractivity contribution in [1.29, 1.82) is 0 Å². The Labute approximate surface area is 137 Å². The maximum absolute atomic E-state index is 13.4. The number of nitrogens with zero attached hydrogens (tertiary/aromatic N) is 2. The van der Waals surface area contributed by atoms with Crippen LogP contribution >= 0.6 is 0 Å². The summed E-state index contributed by atoms with van der Waals surface area (Å²) in [7, 11) is 1.32. The van der Waals surface area contributed by atoms with Crippen molar-refractivity contribution >= 4 is 11.6 Å². The zero-order chi connectivity index (χ0) is 18.0. The van der Waals surface area contributed by atoms with Crippen LogP contribution in [0.2, 0.25) is 0 Å². The topological polar surface area (TPSA) is 67.2 Å². The Kier molecular flexibility index (Phi) is 4.98. The number of anilines is 1. The van der Waals surface area contributed by atoms with Crippen molar-refractivity contribution in [3.05, 3.63) is 48.0 Å². The summed E-state index contributed by atoms with van der Waals surface area (Å²) < 4.78 is 41.3. The number of rotatable bonds is 5. The molecule has 1 heterocycles. The number of hydrogen-bond acceptors (Lipinski definition) is 3. The van der Waals surface area contributed by atoms with Gasteiger partial charge in [-0.05, 0) is 18.1 Å². The number of hydrogen-bond donors (Lipinski definition) is 2. The van der Waals surface area contributed by atoms with Crippen LogP contribution in [-0.4, -0.2) is 26.7 Å². The van der Waals surface area contributed by atoms with Crippen molar-refractivity contribution < 1.29 is 23.1 Å². The number of imidazole rings is 1. The van der Waals surface area contributed by atoms with Crippen LogP contribution in [-0.2, 0) is 23.9 Å². The highest BCUT2D eigenvalue weighted by molar-refractivity contribution is 5.92. The van der Waals surface area contributed by atoms with Gasteiger partial charge in [-0.3, -0.25) is 4.79 Å². The minimum atomic E-state index is -5.05. The zero-order valence-electron chi connectivity index (χ0n) is 13.3. The number of halogens is 3. The van der Waals surface area contributed by atoms with E-state index in [-0.39, 0.29) is 0 Å². The molecular weight excluding hydrogens is 323 g/mol. The van der Waals surface area contributed by atoms with Crippen LogP contribution in [0.25, 0.3) is 0 Å². The van der Waals surface area contributed by atoms with Gasteiger partial charge in [0.05, 0.1) is 6.42 Å². The Balaban J connectivity index is 2.28. The van der Waals surface area contributed by atoms with E-state index in [1.54, 1.807) is 24.3 Å². The molecule has 0 spiro atoms. The van der Waals surface area contributed by atoms with Crippen molar-refractivity contribution in [3.8, 4) is 0 Å². The van der Waals surface area contributed by atoms with Crippen LogP contribution < -0.4 is 5.32 Å². The maximum atomic E-state index is 13.4. The van der Waals surface area contributed by atoms with Crippen molar-refractivity contribution in [1.82, 2.24) is 9.55 Å². The number of para-hydroxylation sites is 1. The van der Waals surface area contributed by atoms with Gasteiger partial charge in [-0.1, -0.05) is 25.1 Å². The van der Waals surface area contributed by atoms with E-state index in [9.17, 15) is 23.1 Å². The lowest BCUT2D eigenvalue weighted by Gasteiger charge is -2.29. The van der Waals surface area contributed by atoms with Gasteiger partial charge in [-0.15, -0.1) is 0 Å². The molecule has 2 aromatic rings. The van der Waals surface area contributed by atoms with E-state index in [1.807, 2.05) is 6.92 Å². The van der Waals surface area contributed by atoms with Gasteiger partial charge in [-0.2, -0.15) is 13.2 Å². The van der Waals surface area contributed by atoms with Crippen LogP contribution in [0.5, 0.6) is 0 Å². The Morgan fingerprint density at radius 3 is 2.54 bits per heavy atom. The van der Waals surface area contributed by atoms with Crippen LogP contribution in [0.4, 0.5) is 18.9 Å². The van der Waals surface area contributed by atoms with E-state index in [0.717, 1.165) is 16.3 Å². The average molecular weight is 341 g/mol. The standard InChI is InChI=1S/C16H18F3N3O2/c1-3-11-6-4-5-7-12(11)21-13(23)10-15(24,16(17,18)19)14-20-8-9-22(14)2/h4-9,24H,3,10H2,1-2H3,(H,21,23)/t15-/m1/s1. The highest BCUT2D eigenvalue weighted by Crippen LogP contribution is 2.40. The van der Waals surface area contributed by atoms with Crippen molar-refractivity contribution in [2.75, 3.05) is 5.32 Å². The molecule has 0 radical (unpaired) electrons. The number of alkyl halides is 3. The second-order valence-corrected chi connectivity index (χ2v) is 5.46. The number of aryl methyl sites for hydroxylation is 2. The molecule has 1 aromatic carbocycles. The summed E-state index contributed by atoms with van der Waals surface area (Å²) in [6.07, 6.45) is -3.21. The van der Waals surface area contributed by atoms with Gasteiger partial charge in [0.15, 0.2) is 5.82 Å². The van der Waals surface area contributed by atoms with Crippen molar-refractivity contribution in [3.63, 3.8) is 0 Å². The molecule has 1 atom stereocenters. The molecule has 2 N–H and O–H groups in total. The minimum Gasteiger partial charge on any atom is -0.374 e. The fourth-order valence-corrected chi connectivity index (χ4v) is 2.45. The summed E-state index contributed by atoms with van der Waals surface area (Å²) in [5.74, 6) is -1.58. The Hall–Kier alpha value is -2.35. The molecule has 0 unspecified atom stereocenters. The van der Waals surface area contributed by atoms with E-state index < -0.39 is 29.9 Å². The molecule has 0 aliphatic carbocycles. The predicted octanol–water partition coefficient (Wildman–Crippen LogP) is 2.76. The molecule has 0 saturated carbocycles. The van der Waals surface area contributed by atoms with Gasteiger partial charge >= 0.3 is 6.18 Å². The average Bonchev–Trinajstić information content (AvgIpc) is 2.93. The molecule has 1 amide bonds. The molecule has 0 saturated heterocycles. The number of nitrogens with one attached hydrogen (secondary N) is 1. The summed E-state index contributed by atoms with van der Waals surface area (Å²) in [6, 6.07) is 6.81. The third-order valence-corrected chi connectivity index (χ3v) is 3.75. The zero-order valence-corrected chi connectivity index (χ0v) is 13.3. The molecule has 5 nitrogen and oxygen atoms in total. The normalized spacial score (nSPS) is 14.2. The van der Waals surface area contributed by atoms with Gasteiger partial charge in [0.25, 0.3) is 0 Å². The van der Waals surface area contributed by atoms with Crippen LogP contribution in [0, 0.1) is 0 Å². The van der Waals surface area contributed by atoms with E-state index in [0.29, 0.717) is 12.1 Å². The first-order chi connectivity index (χ1) is 11.2. The Bertz CT molecular complexity index is 727. The highest BCUT2D eigenvalue weighted by Gasteiger charge is 2.58. The number of amides is 1. The first-order valence-corrected chi connectivity index (χ1v) is 7.33. The first kappa shape index (κ1) is 18.0. The number of aliphatic hydroxyl groups is 1. The summed E-state index contributed by atoms with van der Waals surface area (Å²) in [5.41, 5.74) is -2.15. The maximum Gasteiger partial charge on any atom is 0.425 e. The molecule has 8 heteroatoms. The van der Waals surface area contributed by atoms with Gasteiger partial charge in [-0.25, -0.2) is 4.98 Å². The summed E-state index contributed by atoms with van der Waals surface area (Å²) >= 11 is 0. The lowest BCUT2D eigenvalue weighted by Crippen LogP contribution is -2.46. The van der Waals surface area contributed by atoms with Crippen LogP contribution in [0.1, 0.15) is 24.7 Å². The molecule has 0 bridgehead atoms. The van der Waals surface area contributed by atoms with E-state index in [4.69, 9.17) is 0 Å². The summed E-state index contributed by atoms with van der Waals surface area (Å²) in [5, 5.41) is 12.6. The highest BCUT2D eigenvalue weighted by atomic mass is 19.4. The SMILES string of the molecule is CCc1ccccc1NC(=O)C[C@@](O)(c1nccn1C)C(F)(F)F. The summed E-state index contributed by atoms with van der Waals surface area (Å²) in [4.78, 5) is 15.7. The Morgan fingerprint density at radius 2 is 2.00 bits per heavy atom. The number of benzene rings is 1. The molecule has 0 fully saturated rings. The Morgan fingerprint density at radius 1 is 1.33 bits per heavy atom. The van der Waals surface area contributed by atoms with Crippen molar-refractivity contribution in [2.45, 2.75) is 31.5 Å². The van der Waals surface area contributed by atoms with E-state index in [2.05, 4.69) is 10.3 Å². The van der Waals surface area contributed by atoms with E-state index in [1.165, 1.54) is 13.2 Å². The quantitative estimate of drug-likeness (QED) is 0.879. The smallest absolute Gasteiger partial charge is 0.374 e. The van der Waals surface area contributed by atoms with Crippen molar-refractivity contribution in [2.24, 2.45) is 7.05 Å². The third-order valence-electron chi connectivity index (χ3n) is 3.75. The largest absolute Gasteiger partial charge is 0.425 e. The molecular formula is C16H18F3N3O2. The molecule has 0 aliphatic rings. The second kappa shape index (κ2) is 6.64. The molecule has 1 aromatic heterocycles. The first-order valence-electron chi connectivity index (χ1n) is 7.33. The van der Waals surface area contributed by atoms with E-state index >= 15 is 0 Å². The lowest BCUT2D eigenvalue weighted by atomic mass is 9.97. The fourth-order valence-electron chi connectivity index (χ4n) is 2.45. The fraction of sp³-hybridized carbons (Fsp3) is 0.375. The molecule has 2 rings (SSSR count). The van der Waals surface area contributed by atoms with Crippen LogP contribution in [0.3, 0.4) is 0 Å². The van der Waals surface area contributed by atoms with Gasteiger partial charge in [0.1, 0.15) is 0 Å². The van der Waals surface area contributed by atoms with Gasteiger partial charge in [0.2, 0.25) is 11.5 Å². The van der Waals surface area contributed by atoms with Crippen LogP contribution in [0.15, 0.2) is 36.7 Å². The summed E-state index contributed by atoms with van der Waals surface area (Å²) in [6.45, 7) is 1.87. The number of carbonyl (C=O) groups is 1. The third kappa shape index (κ3) is 3.43. The van der Waals surface area contributed by atoms with Gasteiger partial charge in [0, 0.05) is 25.1 Å². The number of carbonyl (C=O) groups excluding carboxylic acids is 1. The van der Waals surface area contributed by atoms with Gasteiger partial charge < -0.3 is 15.0 Å². The lowest BCUT2D eigenvalue weighted by molar-refractivity contribution is -0.270. The second-order valence-electron chi connectivity index (χ2n) is 5.46.